The third-order valence-corrected chi connectivity index (χ3v) is 6.55. The maximum Gasteiger partial charge on any atom is 0.228 e. The van der Waals surface area contributed by atoms with Gasteiger partial charge < -0.3 is 14.7 Å². The van der Waals surface area contributed by atoms with E-state index in [2.05, 4.69) is 26.0 Å². The minimum absolute atomic E-state index is 0.00873. The molecule has 2 aliphatic rings. The zero-order chi connectivity index (χ0) is 21.8. The molecule has 1 aromatic rings. The van der Waals surface area contributed by atoms with E-state index in [0.29, 0.717) is 38.4 Å². The van der Waals surface area contributed by atoms with Gasteiger partial charge >= 0.3 is 0 Å². The number of carbonyl (C=O) groups is 3. The molecule has 0 aromatic heterocycles. The average Bonchev–Trinajstić information content (AvgIpc) is 3.15. The van der Waals surface area contributed by atoms with E-state index < -0.39 is 0 Å². The highest BCUT2D eigenvalue weighted by atomic mass is 16.2. The predicted molar refractivity (Wildman–Crippen MR) is 118 cm³/mol. The molecule has 1 aromatic carbocycles. The van der Waals surface area contributed by atoms with Gasteiger partial charge in [0, 0.05) is 50.7 Å². The largest absolute Gasteiger partial charge is 0.343 e. The fourth-order valence-electron chi connectivity index (χ4n) is 4.57. The highest BCUT2D eigenvalue weighted by Gasteiger charge is 2.39. The van der Waals surface area contributed by atoms with Gasteiger partial charge in [-0.3, -0.25) is 14.4 Å². The highest BCUT2D eigenvalue weighted by molar-refractivity contribution is 6.00. The first kappa shape index (κ1) is 22.3. The van der Waals surface area contributed by atoms with Crippen molar-refractivity contribution >= 4 is 23.4 Å². The summed E-state index contributed by atoms with van der Waals surface area (Å²) in [6.07, 6.45) is 1.69. The lowest BCUT2D eigenvalue weighted by Crippen LogP contribution is -2.46. The monoisotopic (exact) mass is 413 g/mol. The summed E-state index contributed by atoms with van der Waals surface area (Å²) in [5.74, 6) is 0.380. The molecule has 0 spiro atoms. The maximum atomic E-state index is 13.1. The summed E-state index contributed by atoms with van der Waals surface area (Å²) >= 11 is 0. The molecule has 2 fully saturated rings. The Balaban J connectivity index is 1.59. The van der Waals surface area contributed by atoms with Crippen molar-refractivity contribution in [3.8, 4) is 0 Å². The van der Waals surface area contributed by atoms with Crippen LogP contribution in [0.2, 0.25) is 0 Å². The van der Waals surface area contributed by atoms with Gasteiger partial charge in [0.2, 0.25) is 17.7 Å². The maximum absolute atomic E-state index is 13.1. The lowest BCUT2D eigenvalue weighted by atomic mass is 9.94. The Morgan fingerprint density at radius 1 is 1.10 bits per heavy atom. The van der Waals surface area contributed by atoms with Crippen LogP contribution in [0.1, 0.15) is 58.4 Å². The summed E-state index contributed by atoms with van der Waals surface area (Å²) in [5.41, 5.74) is 2.07. The van der Waals surface area contributed by atoms with Gasteiger partial charge in [0.25, 0.3) is 0 Å². The zero-order valence-corrected chi connectivity index (χ0v) is 18.8. The van der Waals surface area contributed by atoms with Crippen molar-refractivity contribution in [2.45, 2.75) is 52.9 Å². The van der Waals surface area contributed by atoms with Crippen LogP contribution in [0.5, 0.6) is 0 Å². The first-order valence-electron chi connectivity index (χ1n) is 11.3. The quantitative estimate of drug-likeness (QED) is 0.719. The van der Waals surface area contributed by atoms with Crippen molar-refractivity contribution in [3.63, 3.8) is 0 Å². The van der Waals surface area contributed by atoms with Gasteiger partial charge in [-0.25, -0.2) is 0 Å². The Labute approximate surface area is 180 Å². The number of benzene rings is 1. The molecule has 3 amide bonds. The molecule has 6 nitrogen and oxygen atoms in total. The first-order valence-corrected chi connectivity index (χ1v) is 11.3. The van der Waals surface area contributed by atoms with Crippen LogP contribution in [-0.2, 0) is 14.4 Å². The topological polar surface area (TPSA) is 60.9 Å². The van der Waals surface area contributed by atoms with Gasteiger partial charge in [-0.2, -0.15) is 0 Å². The zero-order valence-electron chi connectivity index (χ0n) is 18.8. The molecule has 0 N–H and O–H groups in total. The van der Waals surface area contributed by atoms with Gasteiger partial charge in [-0.05, 0) is 50.3 Å². The number of rotatable bonds is 6. The van der Waals surface area contributed by atoms with Crippen LogP contribution in [-0.4, -0.2) is 60.2 Å². The number of carbonyl (C=O) groups excluding carboxylic acids is 3. The van der Waals surface area contributed by atoms with Crippen molar-refractivity contribution in [1.29, 1.82) is 0 Å². The minimum atomic E-state index is -0.296. The molecule has 1 atom stereocenters. The molecule has 2 aliphatic heterocycles. The van der Waals surface area contributed by atoms with E-state index in [1.54, 1.807) is 4.90 Å². The Hall–Kier alpha value is -2.37. The number of anilines is 1. The van der Waals surface area contributed by atoms with Crippen LogP contribution in [0.25, 0.3) is 0 Å². The van der Waals surface area contributed by atoms with Crippen molar-refractivity contribution in [3.05, 3.63) is 29.8 Å². The Bertz CT molecular complexity index is 780. The second kappa shape index (κ2) is 9.63. The van der Waals surface area contributed by atoms with Crippen LogP contribution < -0.4 is 4.90 Å². The summed E-state index contributed by atoms with van der Waals surface area (Å²) in [5, 5.41) is 0. The van der Waals surface area contributed by atoms with E-state index in [4.69, 9.17) is 0 Å². The van der Waals surface area contributed by atoms with Crippen LogP contribution in [0.4, 0.5) is 5.69 Å². The second-order valence-corrected chi connectivity index (χ2v) is 8.77. The summed E-state index contributed by atoms with van der Waals surface area (Å²) in [4.78, 5) is 43.8. The van der Waals surface area contributed by atoms with Gasteiger partial charge in [0.1, 0.15) is 0 Å². The molecule has 3 rings (SSSR count). The van der Waals surface area contributed by atoms with Crippen molar-refractivity contribution < 1.29 is 14.4 Å². The number of piperidine rings is 1. The van der Waals surface area contributed by atoms with Crippen LogP contribution in [0, 0.1) is 11.8 Å². The second-order valence-electron chi connectivity index (χ2n) is 8.77. The summed E-state index contributed by atoms with van der Waals surface area (Å²) in [6, 6.07) is 8.05. The summed E-state index contributed by atoms with van der Waals surface area (Å²) in [6.45, 7) is 11.4. The third kappa shape index (κ3) is 4.68. The minimum Gasteiger partial charge on any atom is -0.343 e. The molecule has 0 saturated carbocycles. The molecule has 0 aliphatic carbocycles. The van der Waals surface area contributed by atoms with Gasteiger partial charge in [0.15, 0.2) is 0 Å². The molecule has 2 saturated heterocycles. The molecule has 164 valence electrons. The van der Waals surface area contributed by atoms with E-state index in [1.165, 1.54) is 5.56 Å². The van der Waals surface area contributed by atoms with Crippen molar-refractivity contribution in [1.82, 2.24) is 9.80 Å². The van der Waals surface area contributed by atoms with E-state index in [1.807, 2.05) is 35.8 Å². The lowest BCUT2D eigenvalue weighted by Gasteiger charge is -2.34. The van der Waals surface area contributed by atoms with Gasteiger partial charge in [-0.1, -0.05) is 26.0 Å². The average molecular weight is 414 g/mol. The molecule has 0 radical (unpaired) electrons. The molecular weight excluding hydrogens is 378 g/mol. The van der Waals surface area contributed by atoms with E-state index in [0.717, 1.165) is 18.8 Å². The number of hydrogen-bond donors (Lipinski definition) is 0. The molecule has 1 unspecified atom stereocenters. The molecule has 2 heterocycles. The highest BCUT2D eigenvalue weighted by Crippen LogP contribution is 2.30. The first-order chi connectivity index (χ1) is 14.3. The summed E-state index contributed by atoms with van der Waals surface area (Å²) < 4.78 is 0. The standard InChI is InChI=1S/C24H35N3O3/c1-5-25(6-2)23(29)18-10-12-26(13-11-18)24(30)20-15-22(28)27(16-20)21-9-7-8-19(14-21)17(3)4/h7-9,14,17-18,20H,5-6,10-13,15-16H2,1-4H3. The van der Waals surface area contributed by atoms with Crippen molar-refractivity contribution in [2.24, 2.45) is 11.8 Å². The molecular formula is C24H35N3O3. The van der Waals surface area contributed by atoms with E-state index in [9.17, 15) is 14.4 Å². The SMILES string of the molecule is CCN(CC)C(=O)C1CCN(C(=O)C2CC(=O)N(c3cccc(C(C)C)c3)C2)CC1. The fourth-order valence-corrected chi connectivity index (χ4v) is 4.57. The fraction of sp³-hybridized carbons (Fsp3) is 0.625. The molecule has 30 heavy (non-hydrogen) atoms. The lowest BCUT2D eigenvalue weighted by molar-refractivity contribution is -0.142. The normalized spacial score (nSPS) is 20.2. The number of amides is 3. The number of hydrogen-bond acceptors (Lipinski definition) is 3. The van der Waals surface area contributed by atoms with Crippen LogP contribution in [0.15, 0.2) is 24.3 Å². The predicted octanol–water partition coefficient (Wildman–Crippen LogP) is 3.27. The van der Waals surface area contributed by atoms with Gasteiger partial charge in [-0.15, -0.1) is 0 Å². The summed E-state index contributed by atoms with van der Waals surface area (Å²) in [7, 11) is 0. The number of nitrogens with zero attached hydrogens (tertiary/aromatic N) is 3. The molecule has 0 bridgehead atoms. The number of likely N-dealkylation sites (tertiary alicyclic amines) is 1. The van der Waals surface area contributed by atoms with Gasteiger partial charge in [0.05, 0.1) is 5.92 Å². The molecule has 6 heteroatoms. The van der Waals surface area contributed by atoms with E-state index >= 15 is 0 Å². The Morgan fingerprint density at radius 3 is 2.37 bits per heavy atom. The van der Waals surface area contributed by atoms with E-state index in [-0.39, 0.29) is 36.0 Å². The Kier molecular flexibility index (Phi) is 7.16. The third-order valence-electron chi connectivity index (χ3n) is 6.55. The van der Waals surface area contributed by atoms with Crippen LogP contribution >= 0.6 is 0 Å². The van der Waals surface area contributed by atoms with Crippen molar-refractivity contribution in [2.75, 3.05) is 37.6 Å². The van der Waals surface area contributed by atoms with Crippen LogP contribution in [0.3, 0.4) is 0 Å². The smallest absolute Gasteiger partial charge is 0.228 e. The Morgan fingerprint density at radius 2 is 1.77 bits per heavy atom.